The van der Waals surface area contributed by atoms with Crippen LogP contribution in [0.1, 0.15) is 39.0 Å². The molecule has 0 atom stereocenters. The zero-order valence-corrected chi connectivity index (χ0v) is 7.03. The number of carbonyl (C=O) groups excluding carboxylic acids is 1. The van der Waals surface area contributed by atoms with Gasteiger partial charge in [0.2, 0.25) is 0 Å². The van der Waals surface area contributed by atoms with Crippen LogP contribution in [0.5, 0.6) is 0 Å². The maximum Gasteiger partial charge on any atom is 0.138 e. The number of rotatable bonds is 2. The Morgan fingerprint density at radius 1 is 1.36 bits per heavy atom. The lowest BCUT2D eigenvalue weighted by Gasteiger charge is -2.31. The van der Waals surface area contributed by atoms with E-state index < -0.39 is 12.1 Å². The Morgan fingerprint density at radius 2 is 1.91 bits per heavy atom. The van der Waals surface area contributed by atoms with Crippen molar-refractivity contribution >= 4 is 5.78 Å². The summed E-state index contributed by atoms with van der Waals surface area (Å²) in [5.74, 6) is 0.0414. The molecule has 0 radical (unpaired) electrons. The number of hydrogen-bond acceptors (Lipinski definition) is 1. The zero-order valence-electron chi connectivity index (χ0n) is 7.03. The first-order chi connectivity index (χ1) is 5.21. The SMILES string of the molecule is CC(=O)C1(CF)CCCCC1. The summed E-state index contributed by atoms with van der Waals surface area (Å²) in [7, 11) is 0. The molecule has 1 aliphatic rings. The van der Waals surface area contributed by atoms with Gasteiger partial charge in [0.15, 0.2) is 0 Å². The van der Waals surface area contributed by atoms with E-state index in [0.29, 0.717) is 0 Å². The highest BCUT2D eigenvalue weighted by atomic mass is 19.1. The van der Waals surface area contributed by atoms with Gasteiger partial charge in [0.05, 0.1) is 5.41 Å². The standard InChI is InChI=1S/C9H15FO/c1-8(11)9(7-10)5-3-2-4-6-9/h2-7H2,1H3. The van der Waals surface area contributed by atoms with Crippen LogP contribution in [0.15, 0.2) is 0 Å². The van der Waals surface area contributed by atoms with Gasteiger partial charge in [-0.1, -0.05) is 19.3 Å². The summed E-state index contributed by atoms with van der Waals surface area (Å²) in [5.41, 5.74) is -0.585. The molecule has 11 heavy (non-hydrogen) atoms. The molecule has 2 heteroatoms. The van der Waals surface area contributed by atoms with E-state index in [1.165, 1.54) is 6.92 Å². The second-order valence-corrected chi connectivity index (χ2v) is 3.53. The van der Waals surface area contributed by atoms with Crippen molar-refractivity contribution in [2.24, 2.45) is 5.41 Å². The lowest BCUT2D eigenvalue weighted by molar-refractivity contribution is -0.129. The molecule has 0 aromatic heterocycles. The van der Waals surface area contributed by atoms with Crippen molar-refractivity contribution in [2.45, 2.75) is 39.0 Å². The molecular weight excluding hydrogens is 143 g/mol. The van der Waals surface area contributed by atoms with Gasteiger partial charge in [-0.3, -0.25) is 9.18 Å². The molecule has 1 rings (SSSR count). The van der Waals surface area contributed by atoms with Crippen LogP contribution in [-0.2, 0) is 4.79 Å². The first-order valence-electron chi connectivity index (χ1n) is 4.28. The molecule has 0 N–H and O–H groups in total. The Labute approximate surface area is 67.0 Å². The summed E-state index contributed by atoms with van der Waals surface area (Å²) in [4.78, 5) is 11.1. The average Bonchev–Trinajstić information content (AvgIpc) is 2.05. The third-order valence-electron chi connectivity index (χ3n) is 2.81. The van der Waals surface area contributed by atoms with Crippen molar-refractivity contribution in [1.82, 2.24) is 0 Å². The molecule has 1 saturated carbocycles. The van der Waals surface area contributed by atoms with Crippen molar-refractivity contribution in [3.05, 3.63) is 0 Å². The molecule has 1 fully saturated rings. The molecule has 0 bridgehead atoms. The predicted octanol–water partition coefficient (Wildman–Crippen LogP) is 2.50. The Balaban J connectivity index is 2.64. The lowest BCUT2D eigenvalue weighted by atomic mass is 9.72. The van der Waals surface area contributed by atoms with Crippen LogP contribution >= 0.6 is 0 Å². The van der Waals surface area contributed by atoms with Crippen molar-refractivity contribution < 1.29 is 9.18 Å². The largest absolute Gasteiger partial charge is 0.299 e. The van der Waals surface area contributed by atoms with E-state index in [1.807, 2.05) is 0 Å². The second kappa shape index (κ2) is 3.33. The Kier molecular flexibility index (Phi) is 2.63. The van der Waals surface area contributed by atoms with Crippen molar-refractivity contribution in [2.75, 3.05) is 6.67 Å². The van der Waals surface area contributed by atoms with Crippen LogP contribution in [-0.4, -0.2) is 12.5 Å². The minimum atomic E-state index is -0.585. The van der Waals surface area contributed by atoms with E-state index >= 15 is 0 Å². The number of ketones is 1. The Bertz CT molecular complexity index is 148. The summed E-state index contributed by atoms with van der Waals surface area (Å²) < 4.78 is 12.6. The molecule has 0 aromatic carbocycles. The predicted molar refractivity (Wildman–Crippen MR) is 42.2 cm³/mol. The fourth-order valence-corrected chi connectivity index (χ4v) is 1.81. The quantitative estimate of drug-likeness (QED) is 0.603. The minimum Gasteiger partial charge on any atom is -0.299 e. The van der Waals surface area contributed by atoms with Crippen molar-refractivity contribution in [1.29, 1.82) is 0 Å². The van der Waals surface area contributed by atoms with Crippen molar-refractivity contribution in [3.63, 3.8) is 0 Å². The summed E-state index contributed by atoms with van der Waals surface area (Å²) >= 11 is 0. The number of hydrogen-bond donors (Lipinski definition) is 0. The van der Waals surface area contributed by atoms with Crippen LogP contribution in [0, 0.1) is 5.41 Å². The summed E-state index contributed by atoms with van der Waals surface area (Å²) in [6.45, 7) is 1.06. The molecule has 1 aliphatic carbocycles. The molecule has 0 heterocycles. The van der Waals surface area contributed by atoms with Gasteiger partial charge in [0, 0.05) is 0 Å². The highest BCUT2D eigenvalue weighted by molar-refractivity contribution is 5.82. The monoisotopic (exact) mass is 158 g/mol. The van der Waals surface area contributed by atoms with E-state index in [2.05, 4.69) is 0 Å². The fourth-order valence-electron chi connectivity index (χ4n) is 1.81. The topological polar surface area (TPSA) is 17.1 Å². The smallest absolute Gasteiger partial charge is 0.138 e. The van der Waals surface area contributed by atoms with E-state index in [1.54, 1.807) is 0 Å². The molecule has 64 valence electrons. The Hall–Kier alpha value is -0.400. The van der Waals surface area contributed by atoms with Gasteiger partial charge < -0.3 is 0 Å². The second-order valence-electron chi connectivity index (χ2n) is 3.53. The van der Waals surface area contributed by atoms with E-state index in [0.717, 1.165) is 32.1 Å². The molecule has 0 amide bonds. The first-order valence-corrected chi connectivity index (χ1v) is 4.28. The van der Waals surface area contributed by atoms with Gasteiger partial charge in [-0.25, -0.2) is 0 Å². The molecular formula is C9H15FO. The number of Topliss-reactive ketones (excluding diaryl/α,β-unsaturated/α-hetero) is 1. The maximum absolute atomic E-state index is 12.6. The normalized spacial score (nSPS) is 23.1. The first kappa shape index (κ1) is 8.69. The number of carbonyl (C=O) groups is 1. The third-order valence-corrected chi connectivity index (χ3v) is 2.81. The van der Waals surface area contributed by atoms with Gasteiger partial charge in [-0.05, 0) is 19.8 Å². The van der Waals surface area contributed by atoms with Gasteiger partial charge in [-0.15, -0.1) is 0 Å². The Morgan fingerprint density at radius 3 is 2.18 bits per heavy atom. The summed E-state index contributed by atoms with van der Waals surface area (Å²) in [5, 5.41) is 0. The lowest BCUT2D eigenvalue weighted by Crippen LogP contribution is -2.33. The van der Waals surface area contributed by atoms with Crippen molar-refractivity contribution in [3.8, 4) is 0 Å². The zero-order chi connectivity index (χ0) is 8.32. The van der Waals surface area contributed by atoms with Gasteiger partial charge >= 0.3 is 0 Å². The highest BCUT2D eigenvalue weighted by Gasteiger charge is 2.36. The number of halogens is 1. The average molecular weight is 158 g/mol. The van der Waals surface area contributed by atoms with Crippen LogP contribution in [0.2, 0.25) is 0 Å². The van der Waals surface area contributed by atoms with Crippen LogP contribution < -0.4 is 0 Å². The third kappa shape index (κ3) is 1.60. The van der Waals surface area contributed by atoms with Crippen LogP contribution in [0.4, 0.5) is 4.39 Å². The van der Waals surface area contributed by atoms with E-state index in [-0.39, 0.29) is 5.78 Å². The van der Waals surface area contributed by atoms with E-state index in [9.17, 15) is 9.18 Å². The molecule has 0 aliphatic heterocycles. The number of alkyl halides is 1. The molecule has 0 spiro atoms. The molecule has 1 nitrogen and oxygen atoms in total. The molecule has 0 saturated heterocycles. The van der Waals surface area contributed by atoms with Crippen LogP contribution in [0.25, 0.3) is 0 Å². The molecule has 0 aromatic rings. The summed E-state index contributed by atoms with van der Waals surface area (Å²) in [6, 6.07) is 0. The van der Waals surface area contributed by atoms with Gasteiger partial charge in [0.1, 0.15) is 12.5 Å². The van der Waals surface area contributed by atoms with Gasteiger partial charge in [-0.2, -0.15) is 0 Å². The summed E-state index contributed by atoms with van der Waals surface area (Å²) in [6.07, 6.45) is 4.72. The van der Waals surface area contributed by atoms with Crippen LogP contribution in [0.3, 0.4) is 0 Å². The molecule has 0 unspecified atom stereocenters. The fraction of sp³-hybridized carbons (Fsp3) is 0.889. The highest BCUT2D eigenvalue weighted by Crippen LogP contribution is 2.37. The minimum absolute atomic E-state index is 0.0414. The van der Waals surface area contributed by atoms with E-state index in [4.69, 9.17) is 0 Å². The maximum atomic E-state index is 12.6. The van der Waals surface area contributed by atoms with Gasteiger partial charge in [0.25, 0.3) is 0 Å².